The Morgan fingerprint density at radius 1 is 1.43 bits per heavy atom. The molecule has 0 spiro atoms. The number of ether oxygens (including phenoxy) is 1. The second kappa shape index (κ2) is 7.20. The van der Waals surface area contributed by atoms with Gasteiger partial charge in [-0.2, -0.15) is 0 Å². The van der Waals surface area contributed by atoms with Crippen LogP contribution >= 0.6 is 10.7 Å². The Labute approximate surface area is 128 Å². The average molecular weight is 338 g/mol. The number of hydrogen-bond acceptors (Lipinski definition) is 4. The van der Waals surface area contributed by atoms with E-state index in [-0.39, 0.29) is 16.0 Å². The smallest absolute Gasteiger partial charge is 0.261 e. The SMILES string of the molecule is COCCCN(C)C(=O)c1cc(S(=O)(=O)Cl)cc(C)c1F. The molecule has 0 aliphatic heterocycles. The third-order valence-corrected chi connectivity index (χ3v) is 4.26. The van der Waals surface area contributed by atoms with Crippen LogP contribution in [0, 0.1) is 12.7 Å². The maximum absolute atomic E-state index is 14.1. The first-order chi connectivity index (χ1) is 9.68. The van der Waals surface area contributed by atoms with Gasteiger partial charge in [-0.15, -0.1) is 0 Å². The maximum atomic E-state index is 14.1. The molecule has 0 saturated heterocycles. The van der Waals surface area contributed by atoms with E-state index < -0.39 is 20.8 Å². The van der Waals surface area contributed by atoms with Gasteiger partial charge in [-0.1, -0.05) is 0 Å². The van der Waals surface area contributed by atoms with Crippen molar-refractivity contribution >= 4 is 25.6 Å². The summed E-state index contributed by atoms with van der Waals surface area (Å²) in [5, 5.41) is 0. The van der Waals surface area contributed by atoms with Gasteiger partial charge in [0.2, 0.25) is 0 Å². The number of halogens is 2. The molecule has 0 radical (unpaired) electrons. The van der Waals surface area contributed by atoms with Crippen LogP contribution in [0.4, 0.5) is 4.39 Å². The van der Waals surface area contributed by atoms with Crippen molar-refractivity contribution in [2.24, 2.45) is 0 Å². The van der Waals surface area contributed by atoms with Crippen molar-refractivity contribution in [2.75, 3.05) is 27.3 Å². The van der Waals surface area contributed by atoms with Crippen molar-refractivity contribution in [1.82, 2.24) is 4.90 Å². The standard InChI is InChI=1S/C13H17ClFNO4S/c1-9-7-10(21(14,18)19)8-11(12(9)15)13(17)16(2)5-4-6-20-3/h7-8H,4-6H2,1-3H3. The summed E-state index contributed by atoms with van der Waals surface area (Å²) in [5.74, 6) is -1.35. The molecule has 0 atom stereocenters. The van der Waals surface area contributed by atoms with Crippen molar-refractivity contribution < 1.29 is 22.3 Å². The molecule has 0 saturated carbocycles. The molecule has 118 valence electrons. The second-order valence-electron chi connectivity index (χ2n) is 4.61. The van der Waals surface area contributed by atoms with Crippen LogP contribution in [0.1, 0.15) is 22.3 Å². The van der Waals surface area contributed by atoms with Crippen molar-refractivity contribution in [3.63, 3.8) is 0 Å². The van der Waals surface area contributed by atoms with Crippen molar-refractivity contribution in [1.29, 1.82) is 0 Å². The third kappa shape index (κ3) is 4.66. The fraction of sp³-hybridized carbons (Fsp3) is 0.462. The number of hydrogen-bond donors (Lipinski definition) is 0. The number of amides is 1. The fourth-order valence-electron chi connectivity index (χ4n) is 1.79. The fourth-order valence-corrected chi connectivity index (χ4v) is 2.63. The summed E-state index contributed by atoms with van der Waals surface area (Å²) in [4.78, 5) is 13.2. The Bertz CT molecular complexity index is 633. The predicted octanol–water partition coefficient (Wildman–Crippen LogP) is 2.17. The normalized spacial score (nSPS) is 11.5. The van der Waals surface area contributed by atoms with Gasteiger partial charge in [0.15, 0.2) is 0 Å². The average Bonchev–Trinajstić information content (AvgIpc) is 2.39. The topological polar surface area (TPSA) is 63.7 Å². The van der Waals surface area contributed by atoms with Crippen LogP contribution < -0.4 is 0 Å². The van der Waals surface area contributed by atoms with Gasteiger partial charge in [0.25, 0.3) is 15.0 Å². The molecular weight excluding hydrogens is 321 g/mol. The second-order valence-corrected chi connectivity index (χ2v) is 7.18. The van der Waals surface area contributed by atoms with Gasteiger partial charge in [-0.3, -0.25) is 4.79 Å². The van der Waals surface area contributed by atoms with E-state index >= 15 is 0 Å². The third-order valence-electron chi connectivity index (χ3n) is 2.93. The van der Waals surface area contributed by atoms with Crippen molar-refractivity contribution in [2.45, 2.75) is 18.2 Å². The molecule has 0 aliphatic carbocycles. The van der Waals surface area contributed by atoms with Gasteiger partial charge in [-0.05, 0) is 31.0 Å². The summed E-state index contributed by atoms with van der Waals surface area (Å²) in [6.45, 7) is 2.21. The van der Waals surface area contributed by atoms with E-state index in [1.807, 2.05) is 0 Å². The van der Waals surface area contributed by atoms with Crippen LogP contribution in [-0.2, 0) is 13.8 Å². The minimum atomic E-state index is -4.03. The quantitative estimate of drug-likeness (QED) is 0.589. The van der Waals surface area contributed by atoms with E-state index in [1.165, 1.54) is 18.9 Å². The van der Waals surface area contributed by atoms with E-state index in [9.17, 15) is 17.6 Å². The molecule has 5 nitrogen and oxygen atoms in total. The Kier molecular flexibility index (Phi) is 6.12. The molecule has 0 fully saturated rings. The number of rotatable bonds is 6. The Morgan fingerprint density at radius 2 is 2.05 bits per heavy atom. The largest absolute Gasteiger partial charge is 0.385 e. The van der Waals surface area contributed by atoms with Crippen LogP contribution in [0.25, 0.3) is 0 Å². The lowest BCUT2D eigenvalue weighted by atomic mass is 10.1. The summed E-state index contributed by atoms with van der Waals surface area (Å²) in [6, 6.07) is 2.05. The summed E-state index contributed by atoms with van der Waals surface area (Å²) in [6.07, 6.45) is 0.590. The van der Waals surface area contributed by atoms with Gasteiger partial charge >= 0.3 is 0 Å². The molecule has 0 aromatic heterocycles. The molecule has 0 aliphatic rings. The minimum absolute atomic E-state index is 0.0466. The zero-order valence-corrected chi connectivity index (χ0v) is 13.6. The Hall–Kier alpha value is -1.18. The molecule has 0 bridgehead atoms. The molecule has 1 aromatic rings. The highest BCUT2D eigenvalue weighted by atomic mass is 35.7. The van der Waals surface area contributed by atoms with Crippen LogP contribution in [0.3, 0.4) is 0 Å². The van der Waals surface area contributed by atoms with Gasteiger partial charge in [0.1, 0.15) is 5.82 Å². The molecule has 0 unspecified atom stereocenters. The molecule has 1 amide bonds. The number of nitrogens with zero attached hydrogens (tertiary/aromatic N) is 1. The Balaban J connectivity index is 3.11. The zero-order valence-electron chi connectivity index (χ0n) is 12.0. The number of benzene rings is 1. The maximum Gasteiger partial charge on any atom is 0.261 e. The monoisotopic (exact) mass is 337 g/mol. The molecule has 0 heterocycles. The predicted molar refractivity (Wildman–Crippen MR) is 77.6 cm³/mol. The van der Waals surface area contributed by atoms with E-state index in [4.69, 9.17) is 15.4 Å². The summed E-state index contributed by atoms with van der Waals surface area (Å²) >= 11 is 0. The summed E-state index contributed by atoms with van der Waals surface area (Å²) in [5.41, 5.74) is -0.264. The number of aryl methyl sites for hydroxylation is 1. The molecule has 8 heteroatoms. The van der Waals surface area contributed by atoms with Crippen molar-refractivity contribution in [3.8, 4) is 0 Å². The lowest BCUT2D eigenvalue weighted by molar-refractivity contribution is 0.0774. The summed E-state index contributed by atoms with van der Waals surface area (Å²) < 4.78 is 41.6. The van der Waals surface area contributed by atoms with Crippen LogP contribution in [-0.4, -0.2) is 46.5 Å². The van der Waals surface area contributed by atoms with Crippen molar-refractivity contribution in [3.05, 3.63) is 29.1 Å². The van der Waals surface area contributed by atoms with Gasteiger partial charge < -0.3 is 9.64 Å². The first kappa shape index (κ1) is 17.9. The highest BCUT2D eigenvalue weighted by Crippen LogP contribution is 2.23. The minimum Gasteiger partial charge on any atom is -0.385 e. The lowest BCUT2D eigenvalue weighted by Gasteiger charge is -2.18. The molecule has 0 N–H and O–H groups in total. The highest BCUT2D eigenvalue weighted by molar-refractivity contribution is 8.13. The molecule has 21 heavy (non-hydrogen) atoms. The van der Waals surface area contributed by atoms with E-state index in [2.05, 4.69) is 0 Å². The molecule has 1 rings (SSSR count). The molecular formula is C13H17ClFNO4S. The van der Waals surface area contributed by atoms with Gasteiger partial charge in [-0.25, -0.2) is 12.8 Å². The number of carbonyl (C=O) groups excluding carboxylic acids is 1. The van der Waals surface area contributed by atoms with Crippen LogP contribution in [0.15, 0.2) is 17.0 Å². The van der Waals surface area contributed by atoms with E-state index in [1.54, 1.807) is 7.11 Å². The first-order valence-corrected chi connectivity index (χ1v) is 8.48. The highest BCUT2D eigenvalue weighted by Gasteiger charge is 2.22. The van der Waals surface area contributed by atoms with E-state index in [0.717, 1.165) is 12.1 Å². The Morgan fingerprint density at radius 3 is 2.57 bits per heavy atom. The first-order valence-electron chi connectivity index (χ1n) is 6.17. The number of carbonyl (C=O) groups is 1. The zero-order chi connectivity index (χ0) is 16.2. The van der Waals surface area contributed by atoms with Crippen LogP contribution in [0.5, 0.6) is 0 Å². The van der Waals surface area contributed by atoms with Crippen LogP contribution in [0.2, 0.25) is 0 Å². The molecule has 1 aromatic carbocycles. The summed E-state index contributed by atoms with van der Waals surface area (Å²) in [7, 11) is 4.27. The van der Waals surface area contributed by atoms with Gasteiger partial charge in [0, 0.05) is 38.0 Å². The van der Waals surface area contributed by atoms with Gasteiger partial charge in [0.05, 0.1) is 10.5 Å². The van der Waals surface area contributed by atoms with E-state index in [0.29, 0.717) is 19.6 Å². The number of methoxy groups -OCH3 is 1. The lowest BCUT2D eigenvalue weighted by Crippen LogP contribution is -2.29.